The molecule has 2 aromatic rings. The van der Waals surface area contributed by atoms with Crippen LogP contribution in [0.2, 0.25) is 0 Å². The van der Waals surface area contributed by atoms with Crippen molar-refractivity contribution in [2.24, 2.45) is 5.92 Å². The van der Waals surface area contributed by atoms with Crippen LogP contribution in [0, 0.1) is 11.7 Å². The second-order valence-electron chi connectivity index (χ2n) is 7.94. The van der Waals surface area contributed by atoms with Crippen LogP contribution in [0.15, 0.2) is 48.5 Å². The van der Waals surface area contributed by atoms with Crippen molar-refractivity contribution in [3.8, 4) is 5.75 Å². The number of carbonyl (C=O) groups is 1. The first-order valence-corrected chi connectivity index (χ1v) is 10.4. The Morgan fingerprint density at radius 3 is 2.28 bits per heavy atom. The molecule has 0 radical (unpaired) electrons. The summed E-state index contributed by atoms with van der Waals surface area (Å²) in [4.78, 5) is 19.2. The minimum Gasteiger partial charge on any atom is -0.508 e. The molecule has 29 heavy (non-hydrogen) atoms. The number of halogens is 1. The van der Waals surface area contributed by atoms with Gasteiger partial charge < -0.3 is 14.9 Å². The van der Waals surface area contributed by atoms with E-state index < -0.39 is 0 Å². The first kappa shape index (κ1) is 19.7. The lowest BCUT2D eigenvalue weighted by molar-refractivity contribution is -0.137. The van der Waals surface area contributed by atoms with E-state index in [1.54, 1.807) is 18.2 Å². The summed E-state index contributed by atoms with van der Waals surface area (Å²) in [6.07, 6.45) is 1.69. The van der Waals surface area contributed by atoms with Gasteiger partial charge in [-0.3, -0.25) is 9.69 Å². The van der Waals surface area contributed by atoms with Crippen molar-refractivity contribution in [1.29, 1.82) is 0 Å². The van der Waals surface area contributed by atoms with Crippen molar-refractivity contribution in [2.75, 3.05) is 44.2 Å². The van der Waals surface area contributed by atoms with Gasteiger partial charge >= 0.3 is 0 Å². The monoisotopic (exact) mass is 397 g/mol. The zero-order valence-electron chi connectivity index (χ0n) is 16.6. The number of anilines is 1. The molecule has 0 unspecified atom stereocenters. The van der Waals surface area contributed by atoms with E-state index in [2.05, 4.69) is 4.90 Å². The molecule has 2 fully saturated rings. The van der Waals surface area contributed by atoms with Crippen LogP contribution in [-0.4, -0.2) is 60.1 Å². The molecule has 2 saturated heterocycles. The van der Waals surface area contributed by atoms with Crippen molar-refractivity contribution in [3.63, 3.8) is 0 Å². The van der Waals surface area contributed by atoms with E-state index in [0.717, 1.165) is 38.0 Å². The number of phenolic OH excluding ortho intramolecular Hbond substituents is 1. The first-order valence-electron chi connectivity index (χ1n) is 10.4. The number of rotatable bonds is 4. The third-order valence-corrected chi connectivity index (χ3v) is 6.11. The van der Waals surface area contributed by atoms with Crippen LogP contribution < -0.4 is 4.90 Å². The number of hydrogen-bond donors (Lipinski definition) is 1. The zero-order valence-corrected chi connectivity index (χ0v) is 16.6. The summed E-state index contributed by atoms with van der Waals surface area (Å²) in [5.74, 6) is 0.429. The number of amides is 1. The summed E-state index contributed by atoms with van der Waals surface area (Å²) in [5, 5.41) is 9.96. The number of piperazine rings is 1. The highest BCUT2D eigenvalue weighted by molar-refractivity contribution is 5.79. The van der Waals surface area contributed by atoms with Gasteiger partial charge in [-0.1, -0.05) is 30.3 Å². The van der Waals surface area contributed by atoms with Crippen molar-refractivity contribution >= 4 is 11.6 Å². The zero-order chi connectivity index (χ0) is 20.2. The molecule has 0 bridgehead atoms. The molecule has 2 aliphatic heterocycles. The van der Waals surface area contributed by atoms with Gasteiger partial charge in [0.25, 0.3) is 0 Å². The highest BCUT2D eigenvalue weighted by Gasteiger charge is 2.31. The van der Waals surface area contributed by atoms with Gasteiger partial charge in [-0.15, -0.1) is 0 Å². The van der Waals surface area contributed by atoms with Crippen LogP contribution in [0.5, 0.6) is 5.75 Å². The molecule has 2 heterocycles. The summed E-state index contributed by atoms with van der Waals surface area (Å²) in [7, 11) is 0. The number of benzene rings is 2. The molecular weight excluding hydrogens is 369 g/mol. The second kappa shape index (κ2) is 8.82. The van der Waals surface area contributed by atoms with E-state index in [1.807, 2.05) is 34.1 Å². The van der Waals surface area contributed by atoms with E-state index >= 15 is 0 Å². The Kier molecular flexibility index (Phi) is 6.00. The molecule has 0 aromatic heterocycles. The maximum absolute atomic E-state index is 14.0. The van der Waals surface area contributed by atoms with Gasteiger partial charge in [0.2, 0.25) is 5.91 Å². The quantitative estimate of drug-likeness (QED) is 0.861. The molecule has 154 valence electrons. The van der Waals surface area contributed by atoms with Crippen molar-refractivity contribution in [3.05, 3.63) is 59.9 Å². The highest BCUT2D eigenvalue weighted by Crippen LogP contribution is 2.25. The number of piperidine rings is 1. The van der Waals surface area contributed by atoms with Crippen LogP contribution in [-0.2, 0) is 11.3 Å². The Balaban J connectivity index is 1.26. The molecule has 5 nitrogen and oxygen atoms in total. The first-order chi connectivity index (χ1) is 14.1. The third kappa shape index (κ3) is 4.53. The Labute approximate surface area is 171 Å². The number of hydrogen-bond acceptors (Lipinski definition) is 4. The lowest BCUT2D eigenvalue weighted by Crippen LogP contribution is -2.51. The van der Waals surface area contributed by atoms with E-state index in [0.29, 0.717) is 37.6 Å². The number of likely N-dealkylation sites (tertiary alicyclic amines) is 1. The van der Waals surface area contributed by atoms with Gasteiger partial charge in [-0.05, 0) is 44.1 Å². The summed E-state index contributed by atoms with van der Waals surface area (Å²) >= 11 is 0. The molecule has 1 amide bonds. The Morgan fingerprint density at radius 2 is 1.59 bits per heavy atom. The van der Waals surface area contributed by atoms with E-state index in [4.69, 9.17) is 0 Å². The second-order valence-corrected chi connectivity index (χ2v) is 7.94. The van der Waals surface area contributed by atoms with Crippen LogP contribution in [0.25, 0.3) is 0 Å². The SMILES string of the molecule is O=C(C1CCN(Cc2ccccc2O)CC1)N1CCN(c2ccccc2F)CC1. The van der Waals surface area contributed by atoms with Gasteiger partial charge in [-0.25, -0.2) is 4.39 Å². The Morgan fingerprint density at radius 1 is 0.931 bits per heavy atom. The molecule has 0 aliphatic carbocycles. The van der Waals surface area contributed by atoms with Crippen molar-refractivity contribution in [2.45, 2.75) is 19.4 Å². The topological polar surface area (TPSA) is 47.0 Å². The summed E-state index contributed by atoms with van der Waals surface area (Å²) < 4.78 is 14.0. The molecule has 4 rings (SSSR count). The maximum atomic E-state index is 14.0. The van der Waals surface area contributed by atoms with E-state index in [9.17, 15) is 14.3 Å². The lowest BCUT2D eigenvalue weighted by Gasteiger charge is -2.39. The molecule has 2 aromatic carbocycles. The highest BCUT2D eigenvalue weighted by atomic mass is 19.1. The average Bonchev–Trinajstić information content (AvgIpc) is 2.76. The Hall–Kier alpha value is -2.60. The van der Waals surface area contributed by atoms with Gasteiger partial charge in [0.05, 0.1) is 5.69 Å². The fourth-order valence-electron chi connectivity index (χ4n) is 4.36. The van der Waals surface area contributed by atoms with Gasteiger partial charge in [0.15, 0.2) is 0 Å². The van der Waals surface area contributed by atoms with E-state index in [1.165, 1.54) is 6.07 Å². The number of carbonyl (C=O) groups excluding carboxylic acids is 1. The molecule has 0 atom stereocenters. The normalized spacial score (nSPS) is 18.8. The largest absolute Gasteiger partial charge is 0.508 e. The number of aromatic hydroxyl groups is 1. The summed E-state index contributed by atoms with van der Waals surface area (Å²) in [6.45, 7) is 5.06. The van der Waals surface area contributed by atoms with Gasteiger partial charge in [-0.2, -0.15) is 0 Å². The predicted molar refractivity (Wildman–Crippen MR) is 111 cm³/mol. The molecule has 1 N–H and O–H groups in total. The lowest BCUT2D eigenvalue weighted by atomic mass is 9.94. The Bertz CT molecular complexity index is 844. The fourth-order valence-corrected chi connectivity index (χ4v) is 4.36. The van der Waals surface area contributed by atoms with Crippen LogP contribution in [0.3, 0.4) is 0 Å². The summed E-state index contributed by atoms with van der Waals surface area (Å²) in [5.41, 5.74) is 1.55. The number of nitrogens with zero attached hydrogens (tertiary/aromatic N) is 3. The van der Waals surface area contributed by atoms with Gasteiger partial charge in [0, 0.05) is 44.2 Å². The fraction of sp³-hybridized carbons (Fsp3) is 0.435. The minimum absolute atomic E-state index is 0.0654. The molecule has 0 saturated carbocycles. The summed E-state index contributed by atoms with van der Waals surface area (Å²) in [6, 6.07) is 14.3. The number of phenols is 1. The van der Waals surface area contributed by atoms with Crippen LogP contribution >= 0.6 is 0 Å². The van der Waals surface area contributed by atoms with Crippen molar-refractivity contribution < 1.29 is 14.3 Å². The smallest absolute Gasteiger partial charge is 0.225 e. The third-order valence-electron chi connectivity index (χ3n) is 6.11. The van der Waals surface area contributed by atoms with Crippen molar-refractivity contribution in [1.82, 2.24) is 9.80 Å². The standard InChI is InChI=1S/C23H28FN3O2/c24-20-6-2-3-7-21(20)26-13-15-27(16-14-26)23(29)18-9-11-25(12-10-18)17-19-5-1-4-8-22(19)28/h1-8,18,28H,9-17H2. The number of para-hydroxylation sites is 2. The van der Waals surface area contributed by atoms with Crippen LogP contribution in [0.4, 0.5) is 10.1 Å². The molecular formula is C23H28FN3O2. The minimum atomic E-state index is -0.205. The molecule has 0 spiro atoms. The van der Waals surface area contributed by atoms with Gasteiger partial charge in [0.1, 0.15) is 11.6 Å². The average molecular weight is 397 g/mol. The van der Waals surface area contributed by atoms with E-state index in [-0.39, 0.29) is 17.6 Å². The molecule has 6 heteroatoms. The maximum Gasteiger partial charge on any atom is 0.225 e. The predicted octanol–water partition coefficient (Wildman–Crippen LogP) is 3.09. The molecule has 2 aliphatic rings. The van der Waals surface area contributed by atoms with Crippen LogP contribution in [0.1, 0.15) is 18.4 Å².